The Morgan fingerprint density at radius 3 is 2.57 bits per heavy atom. The van der Waals surface area contributed by atoms with Gasteiger partial charge in [-0.3, -0.25) is 9.59 Å². The van der Waals surface area contributed by atoms with Gasteiger partial charge >= 0.3 is 0 Å². The predicted octanol–water partition coefficient (Wildman–Crippen LogP) is 1.86. The quantitative estimate of drug-likeness (QED) is 0.862. The average molecular weight is 320 g/mol. The summed E-state index contributed by atoms with van der Waals surface area (Å²) < 4.78 is 18.9. The van der Waals surface area contributed by atoms with E-state index in [2.05, 4.69) is 5.32 Å². The van der Waals surface area contributed by atoms with Gasteiger partial charge < -0.3 is 15.0 Å². The number of carbonyl (C=O) groups is 2. The van der Waals surface area contributed by atoms with Crippen LogP contribution in [0.25, 0.3) is 0 Å². The van der Waals surface area contributed by atoms with Crippen molar-refractivity contribution in [2.24, 2.45) is 0 Å². The number of hydrogen-bond donors (Lipinski definition) is 1. The molecule has 6 heteroatoms. The molecule has 1 heterocycles. The Kier molecular flexibility index (Phi) is 4.24. The van der Waals surface area contributed by atoms with E-state index in [1.807, 2.05) is 0 Å². The Morgan fingerprint density at radius 1 is 1.30 bits per heavy atom. The van der Waals surface area contributed by atoms with Crippen LogP contribution in [0.4, 0.5) is 4.39 Å². The lowest BCUT2D eigenvalue weighted by molar-refractivity contribution is -0.187. The third-order valence-corrected chi connectivity index (χ3v) is 4.88. The standard InChI is InChI=1S/C17H21FN2O3/c1-19-14(21)11-20-16(22)15(17(20)9-3-2-4-10-17)23-13-7-5-12(18)6-8-13/h5-8,15H,2-4,9-11H2,1H3,(H,19,21). The number of rotatable bonds is 4. The molecule has 1 aliphatic carbocycles. The van der Waals surface area contributed by atoms with Crippen LogP contribution >= 0.6 is 0 Å². The molecule has 1 atom stereocenters. The molecule has 3 rings (SSSR count). The minimum Gasteiger partial charge on any atom is -0.478 e. The largest absolute Gasteiger partial charge is 0.478 e. The zero-order valence-electron chi connectivity index (χ0n) is 13.2. The first-order valence-electron chi connectivity index (χ1n) is 8.01. The van der Waals surface area contributed by atoms with Gasteiger partial charge in [-0.15, -0.1) is 0 Å². The molecule has 2 aliphatic rings. The summed E-state index contributed by atoms with van der Waals surface area (Å²) in [7, 11) is 1.56. The fourth-order valence-corrected chi connectivity index (χ4v) is 3.63. The fourth-order valence-electron chi connectivity index (χ4n) is 3.63. The molecule has 1 unspecified atom stereocenters. The molecule has 0 radical (unpaired) electrons. The Balaban J connectivity index is 1.79. The van der Waals surface area contributed by atoms with Gasteiger partial charge in [0.05, 0.1) is 5.54 Å². The molecule has 1 saturated heterocycles. The maximum absolute atomic E-state index is 13.0. The van der Waals surface area contributed by atoms with Gasteiger partial charge in [-0.1, -0.05) is 19.3 Å². The van der Waals surface area contributed by atoms with Crippen molar-refractivity contribution in [1.82, 2.24) is 10.2 Å². The van der Waals surface area contributed by atoms with Gasteiger partial charge in [0, 0.05) is 7.05 Å². The van der Waals surface area contributed by atoms with Crippen molar-refractivity contribution in [2.75, 3.05) is 13.6 Å². The number of nitrogens with zero attached hydrogens (tertiary/aromatic N) is 1. The Labute approximate surface area is 134 Å². The first-order valence-corrected chi connectivity index (χ1v) is 8.01. The molecule has 1 aliphatic heterocycles. The third-order valence-electron chi connectivity index (χ3n) is 4.88. The Hall–Kier alpha value is -2.11. The lowest BCUT2D eigenvalue weighted by Gasteiger charge is -2.58. The van der Waals surface area contributed by atoms with Gasteiger partial charge in [0.2, 0.25) is 5.91 Å². The smallest absolute Gasteiger partial charge is 0.267 e. The molecule has 1 spiro atoms. The highest BCUT2D eigenvalue weighted by Crippen LogP contribution is 2.45. The Bertz CT molecular complexity index is 596. The maximum atomic E-state index is 13.0. The summed E-state index contributed by atoms with van der Waals surface area (Å²) in [5, 5.41) is 2.56. The van der Waals surface area contributed by atoms with Crippen LogP contribution in [-0.2, 0) is 9.59 Å². The van der Waals surface area contributed by atoms with Crippen molar-refractivity contribution in [3.63, 3.8) is 0 Å². The van der Waals surface area contributed by atoms with Crippen molar-refractivity contribution in [3.05, 3.63) is 30.1 Å². The van der Waals surface area contributed by atoms with Crippen LogP contribution in [0.2, 0.25) is 0 Å². The number of ether oxygens (including phenoxy) is 1. The van der Waals surface area contributed by atoms with E-state index in [-0.39, 0.29) is 24.2 Å². The molecule has 124 valence electrons. The van der Waals surface area contributed by atoms with Crippen molar-refractivity contribution in [3.8, 4) is 5.75 Å². The van der Waals surface area contributed by atoms with Gasteiger partial charge in [-0.2, -0.15) is 0 Å². The molecule has 23 heavy (non-hydrogen) atoms. The lowest BCUT2D eigenvalue weighted by atomic mass is 9.70. The molecule has 0 aromatic heterocycles. The number of nitrogens with one attached hydrogen (secondary N) is 1. The summed E-state index contributed by atoms with van der Waals surface area (Å²) in [6.45, 7) is 0.0681. The summed E-state index contributed by atoms with van der Waals surface area (Å²) in [5.41, 5.74) is -0.407. The maximum Gasteiger partial charge on any atom is 0.267 e. The Morgan fingerprint density at radius 2 is 1.96 bits per heavy atom. The van der Waals surface area contributed by atoms with Crippen LogP contribution in [0.1, 0.15) is 32.1 Å². The minimum atomic E-state index is -0.585. The highest BCUT2D eigenvalue weighted by atomic mass is 19.1. The van der Waals surface area contributed by atoms with Gasteiger partial charge in [-0.25, -0.2) is 4.39 Å². The van der Waals surface area contributed by atoms with Gasteiger partial charge in [0.15, 0.2) is 6.10 Å². The zero-order chi connectivity index (χ0) is 16.4. The minimum absolute atomic E-state index is 0.0681. The van der Waals surface area contributed by atoms with E-state index < -0.39 is 11.6 Å². The van der Waals surface area contributed by atoms with E-state index in [0.717, 1.165) is 32.1 Å². The topological polar surface area (TPSA) is 58.6 Å². The van der Waals surface area contributed by atoms with Crippen LogP contribution < -0.4 is 10.1 Å². The molecule has 0 bridgehead atoms. The normalized spacial score (nSPS) is 22.6. The highest BCUT2D eigenvalue weighted by molar-refractivity contribution is 5.94. The van der Waals surface area contributed by atoms with Gasteiger partial charge in [0.1, 0.15) is 18.1 Å². The van der Waals surface area contributed by atoms with Crippen LogP contribution in [-0.4, -0.2) is 41.9 Å². The first kappa shape index (κ1) is 15.8. The van der Waals surface area contributed by atoms with E-state index in [1.54, 1.807) is 11.9 Å². The molecule has 1 aromatic carbocycles. The van der Waals surface area contributed by atoms with E-state index in [1.165, 1.54) is 24.3 Å². The summed E-state index contributed by atoms with van der Waals surface area (Å²) in [6, 6.07) is 5.68. The number of likely N-dealkylation sites (tertiary alicyclic amines) is 1. The molecule has 1 aromatic rings. The first-order chi connectivity index (χ1) is 11.1. The van der Waals surface area contributed by atoms with Crippen LogP contribution in [0.3, 0.4) is 0 Å². The number of halogens is 1. The van der Waals surface area contributed by atoms with Gasteiger partial charge in [0.25, 0.3) is 5.91 Å². The van der Waals surface area contributed by atoms with Crippen molar-refractivity contribution in [1.29, 1.82) is 0 Å². The number of benzene rings is 1. The van der Waals surface area contributed by atoms with Crippen molar-refractivity contribution in [2.45, 2.75) is 43.7 Å². The molecule has 1 N–H and O–H groups in total. The third kappa shape index (κ3) is 2.78. The van der Waals surface area contributed by atoms with E-state index >= 15 is 0 Å². The second-order valence-corrected chi connectivity index (χ2v) is 6.21. The predicted molar refractivity (Wildman–Crippen MR) is 82.4 cm³/mol. The van der Waals surface area contributed by atoms with Crippen LogP contribution in [0.5, 0.6) is 5.75 Å². The number of hydrogen-bond acceptors (Lipinski definition) is 3. The second-order valence-electron chi connectivity index (χ2n) is 6.21. The molecule has 2 fully saturated rings. The summed E-state index contributed by atoms with van der Waals surface area (Å²) in [6.07, 6.45) is 4.25. The van der Waals surface area contributed by atoms with E-state index in [9.17, 15) is 14.0 Å². The average Bonchev–Trinajstić information content (AvgIpc) is 2.59. The monoisotopic (exact) mass is 320 g/mol. The zero-order valence-corrected chi connectivity index (χ0v) is 13.2. The summed E-state index contributed by atoms with van der Waals surface area (Å²) in [4.78, 5) is 25.9. The van der Waals surface area contributed by atoms with Crippen LogP contribution in [0, 0.1) is 5.82 Å². The fraction of sp³-hybridized carbons (Fsp3) is 0.529. The van der Waals surface area contributed by atoms with Gasteiger partial charge in [-0.05, 0) is 37.1 Å². The molecular formula is C17H21FN2O3. The second kappa shape index (κ2) is 6.18. The number of likely N-dealkylation sites (N-methyl/N-ethyl adjacent to an activating group) is 1. The number of carbonyl (C=O) groups excluding carboxylic acids is 2. The SMILES string of the molecule is CNC(=O)CN1C(=O)C(Oc2ccc(F)cc2)C12CCCCC2. The summed E-state index contributed by atoms with van der Waals surface area (Å²) in [5.74, 6) is -0.205. The van der Waals surface area contributed by atoms with E-state index in [4.69, 9.17) is 4.74 Å². The molecule has 1 saturated carbocycles. The number of β-lactam (4-membered cyclic amide) rings is 1. The molecular weight excluding hydrogens is 299 g/mol. The lowest BCUT2D eigenvalue weighted by Crippen LogP contribution is -2.77. The molecule has 2 amide bonds. The summed E-state index contributed by atoms with van der Waals surface area (Å²) >= 11 is 0. The molecule has 5 nitrogen and oxygen atoms in total. The van der Waals surface area contributed by atoms with Crippen LogP contribution in [0.15, 0.2) is 24.3 Å². The van der Waals surface area contributed by atoms with Crippen molar-refractivity contribution < 1.29 is 18.7 Å². The van der Waals surface area contributed by atoms with E-state index in [0.29, 0.717) is 5.75 Å². The highest BCUT2D eigenvalue weighted by Gasteiger charge is 2.62. The number of amides is 2. The van der Waals surface area contributed by atoms with Crippen molar-refractivity contribution >= 4 is 11.8 Å².